The zero-order valence-corrected chi connectivity index (χ0v) is 18.3. The summed E-state index contributed by atoms with van der Waals surface area (Å²) < 4.78 is 17.6. The van der Waals surface area contributed by atoms with Crippen LogP contribution in [-0.4, -0.2) is 36.6 Å². The Morgan fingerprint density at radius 2 is 1.86 bits per heavy atom. The zero-order chi connectivity index (χ0) is 22.0. The molecule has 3 N–H and O–H groups in total. The van der Waals surface area contributed by atoms with Crippen molar-refractivity contribution in [2.24, 2.45) is 0 Å². The first-order valence-corrected chi connectivity index (χ1v) is 9.57. The lowest BCUT2D eigenvalue weighted by atomic mass is 9.76. The number of nitrogens with zero attached hydrogens (tertiary/aromatic N) is 1. The lowest BCUT2D eigenvalue weighted by Crippen LogP contribution is -2.41. The average molecular weight is 399 g/mol. The van der Waals surface area contributed by atoms with Crippen molar-refractivity contribution < 1.29 is 18.8 Å². The van der Waals surface area contributed by atoms with Crippen molar-refractivity contribution in [3.8, 4) is 6.07 Å². The van der Waals surface area contributed by atoms with Gasteiger partial charge in [0.15, 0.2) is 0 Å². The standard InChI is InChI=1S/C21H30BN3O4/c1-19(2,3)27-18(26)25-13-16(22-28-20(4,5)21(6,7)29-22)10-15-11-17(24)9-8-14(15)12-23/h8-11H,13,24H2,1-7H3,(H,25,26). The third-order valence-electron chi connectivity index (χ3n) is 4.93. The molecule has 0 spiro atoms. The Bertz CT molecular complexity index is 834. The highest BCUT2D eigenvalue weighted by Gasteiger charge is 2.52. The zero-order valence-electron chi connectivity index (χ0n) is 18.3. The number of benzene rings is 1. The van der Waals surface area contributed by atoms with Crippen molar-refractivity contribution in [3.63, 3.8) is 0 Å². The molecular weight excluding hydrogens is 369 g/mol. The first kappa shape index (κ1) is 22.8. The van der Waals surface area contributed by atoms with Crippen LogP contribution in [0, 0.1) is 11.3 Å². The largest absolute Gasteiger partial charge is 0.492 e. The summed E-state index contributed by atoms with van der Waals surface area (Å²) in [5.74, 6) is 0. The lowest BCUT2D eigenvalue weighted by Gasteiger charge is -2.32. The van der Waals surface area contributed by atoms with Crippen LogP contribution in [0.3, 0.4) is 0 Å². The Morgan fingerprint density at radius 3 is 2.38 bits per heavy atom. The van der Waals surface area contributed by atoms with Gasteiger partial charge < -0.3 is 25.1 Å². The van der Waals surface area contributed by atoms with Gasteiger partial charge in [-0.2, -0.15) is 5.26 Å². The number of hydrogen-bond donors (Lipinski definition) is 2. The van der Waals surface area contributed by atoms with Crippen LogP contribution in [0.25, 0.3) is 6.08 Å². The maximum atomic E-state index is 12.1. The fraction of sp³-hybridized carbons (Fsp3) is 0.524. The Hall–Kier alpha value is -2.50. The molecular formula is C21H30BN3O4. The number of carbonyl (C=O) groups is 1. The highest BCUT2D eigenvalue weighted by Crippen LogP contribution is 2.39. The molecule has 0 atom stereocenters. The summed E-state index contributed by atoms with van der Waals surface area (Å²) in [6, 6.07) is 7.19. The van der Waals surface area contributed by atoms with Crippen molar-refractivity contribution in [2.75, 3.05) is 12.3 Å². The number of carbonyl (C=O) groups excluding carboxylic acids is 1. The van der Waals surface area contributed by atoms with Crippen LogP contribution in [-0.2, 0) is 14.0 Å². The molecule has 1 aromatic carbocycles. The predicted octanol–water partition coefficient (Wildman–Crippen LogP) is 3.68. The minimum Gasteiger partial charge on any atom is -0.444 e. The van der Waals surface area contributed by atoms with Crippen LogP contribution >= 0.6 is 0 Å². The SMILES string of the molecule is CC(C)(C)OC(=O)NCC(=Cc1cc(N)ccc1C#N)B1OC(C)(C)C(C)(C)O1. The molecule has 7 nitrogen and oxygen atoms in total. The Balaban J connectivity index is 2.36. The van der Waals surface area contributed by atoms with Gasteiger partial charge in [0.05, 0.1) is 22.8 Å². The van der Waals surface area contributed by atoms with Crippen molar-refractivity contribution in [3.05, 3.63) is 34.8 Å². The highest BCUT2D eigenvalue weighted by molar-refractivity contribution is 6.56. The van der Waals surface area contributed by atoms with E-state index in [0.717, 1.165) is 0 Å². The molecule has 1 saturated heterocycles. The van der Waals surface area contributed by atoms with Crippen LogP contribution < -0.4 is 11.1 Å². The van der Waals surface area contributed by atoms with Gasteiger partial charge in [-0.05, 0) is 77.7 Å². The van der Waals surface area contributed by atoms with Gasteiger partial charge in [0, 0.05) is 12.2 Å². The Labute approximate surface area is 173 Å². The number of nitriles is 1. The molecule has 2 rings (SSSR count). The lowest BCUT2D eigenvalue weighted by molar-refractivity contribution is 0.00578. The van der Waals surface area contributed by atoms with E-state index in [9.17, 15) is 10.1 Å². The molecule has 1 heterocycles. The van der Waals surface area contributed by atoms with Gasteiger partial charge in [0.25, 0.3) is 0 Å². The van der Waals surface area contributed by atoms with Crippen LogP contribution in [0.1, 0.15) is 59.6 Å². The van der Waals surface area contributed by atoms with Crippen molar-refractivity contribution in [2.45, 2.75) is 65.3 Å². The third kappa shape index (κ3) is 5.75. The van der Waals surface area contributed by atoms with E-state index < -0.39 is 30.0 Å². The quantitative estimate of drug-likeness (QED) is 0.591. The molecule has 1 aliphatic rings. The van der Waals surface area contributed by atoms with E-state index in [1.165, 1.54) is 0 Å². The monoisotopic (exact) mass is 399 g/mol. The third-order valence-corrected chi connectivity index (χ3v) is 4.93. The molecule has 156 valence electrons. The second kappa shape index (κ2) is 8.09. The summed E-state index contributed by atoms with van der Waals surface area (Å²) in [6.07, 6.45) is 1.22. The molecule has 0 aromatic heterocycles. The molecule has 29 heavy (non-hydrogen) atoms. The van der Waals surface area contributed by atoms with Crippen molar-refractivity contribution in [1.29, 1.82) is 5.26 Å². The van der Waals surface area contributed by atoms with Gasteiger partial charge in [-0.1, -0.05) is 6.08 Å². The molecule has 0 radical (unpaired) electrons. The van der Waals surface area contributed by atoms with E-state index >= 15 is 0 Å². The molecule has 0 bridgehead atoms. The van der Waals surface area contributed by atoms with E-state index in [1.54, 1.807) is 45.0 Å². The van der Waals surface area contributed by atoms with Gasteiger partial charge in [0.1, 0.15) is 5.60 Å². The van der Waals surface area contributed by atoms with Crippen LogP contribution in [0.5, 0.6) is 0 Å². The van der Waals surface area contributed by atoms with E-state index in [0.29, 0.717) is 22.3 Å². The Kier molecular flexibility index (Phi) is 6.36. The first-order valence-electron chi connectivity index (χ1n) is 9.57. The second-order valence-corrected chi connectivity index (χ2v) is 9.12. The number of rotatable bonds is 4. The predicted molar refractivity (Wildman–Crippen MR) is 114 cm³/mol. The Morgan fingerprint density at radius 1 is 1.28 bits per heavy atom. The molecule has 1 aliphatic heterocycles. The number of nitrogens with one attached hydrogen (secondary N) is 1. The number of hydrogen-bond acceptors (Lipinski definition) is 6. The summed E-state index contributed by atoms with van der Waals surface area (Å²) in [5, 5.41) is 12.2. The molecule has 8 heteroatoms. The highest BCUT2D eigenvalue weighted by atomic mass is 16.7. The molecule has 0 saturated carbocycles. The fourth-order valence-electron chi connectivity index (χ4n) is 2.69. The smallest absolute Gasteiger partial charge is 0.444 e. The van der Waals surface area contributed by atoms with Gasteiger partial charge in [-0.15, -0.1) is 0 Å². The molecule has 0 aliphatic carbocycles. The summed E-state index contributed by atoms with van der Waals surface area (Å²) in [4.78, 5) is 12.1. The minimum atomic E-state index is -0.692. The van der Waals surface area contributed by atoms with Crippen LogP contribution in [0.2, 0.25) is 0 Å². The van der Waals surface area contributed by atoms with Crippen LogP contribution in [0.15, 0.2) is 23.7 Å². The van der Waals surface area contributed by atoms with E-state index in [-0.39, 0.29) is 6.54 Å². The summed E-state index contributed by atoms with van der Waals surface area (Å²) >= 11 is 0. The normalized spacial score (nSPS) is 18.3. The average Bonchev–Trinajstić information content (AvgIpc) is 2.77. The summed E-state index contributed by atoms with van der Waals surface area (Å²) in [6.45, 7) is 13.3. The number of nitrogens with two attached hydrogens (primary N) is 1. The topological polar surface area (TPSA) is 107 Å². The van der Waals surface area contributed by atoms with Crippen LogP contribution in [0.4, 0.5) is 10.5 Å². The van der Waals surface area contributed by atoms with E-state index in [2.05, 4.69) is 11.4 Å². The maximum absolute atomic E-state index is 12.1. The van der Waals surface area contributed by atoms with E-state index in [4.69, 9.17) is 19.8 Å². The maximum Gasteiger partial charge on any atom is 0.492 e. The van der Waals surface area contributed by atoms with E-state index in [1.807, 2.05) is 27.7 Å². The van der Waals surface area contributed by atoms with Gasteiger partial charge >= 0.3 is 13.2 Å². The number of ether oxygens (including phenoxy) is 1. The van der Waals surface area contributed by atoms with Crippen molar-refractivity contribution >= 4 is 25.0 Å². The number of alkyl carbamates (subject to hydrolysis) is 1. The fourth-order valence-corrected chi connectivity index (χ4v) is 2.69. The molecule has 1 fully saturated rings. The molecule has 1 amide bonds. The molecule has 1 aromatic rings. The second-order valence-electron chi connectivity index (χ2n) is 9.12. The summed E-state index contributed by atoms with van der Waals surface area (Å²) in [7, 11) is -0.692. The first-order chi connectivity index (χ1) is 13.2. The minimum absolute atomic E-state index is 0.130. The van der Waals surface area contributed by atoms with Gasteiger partial charge in [0.2, 0.25) is 0 Å². The molecule has 0 unspecified atom stereocenters. The number of nitrogen functional groups attached to an aromatic ring is 1. The van der Waals surface area contributed by atoms with Gasteiger partial charge in [-0.3, -0.25) is 0 Å². The number of anilines is 1. The van der Waals surface area contributed by atoms with Crippen molar-refractivity contribution in [1.82, 2.24) is 5.32 Å². The number of amides is 1. The summed E-state index contributed by atoms with van der Waals surface area (Å²) in [5.41, 5.74) is 6.47. The van der Waals surface area contributed by atoms with Gasteiger partial charge in [-0.25, -0.2) is 4.79 Å².